The summed E-state index contributed by atoms with van der Waals surface area (Å²) < 4.78 is 27.0. The van der Waals surface area contributed by atoms with E-state index in [1.807, 2.05) is 4.72 Å². The van der Waals surface area contributed by atoms with Crippen molar-refractivity contribution in [3.63, 3.8) is 0 Å². The van der Waals surface area contributed by atoms with Gasteiger partial charge in [0.15, 0.2) is 11.5 Å². The Hall–Kier alpha value is -3.67. The van der Waals surface area contributed by atoms with E-state index in [0.29, 0.717) is 11.5 Å². The topological polar surface area (TPSA) is 149 Å². The van der Waals surface area contributed by atoms with Gasteiger partial charge in [0.2, 0.25) is 5.91 Å². The Balaban J connectivity index is 1.70. The molecule has 11 nitrogen and oxygen atoms in total. The lowest BCUT2D eigenvalue weighted by Gasteiger charge is -2.07. The number of sulfonamides is 1. The van der Waals surface area contributed by atoms with Crippen LogP contribution in [0.25, 0.3) is 5.82 Å². The first-order valence-corrected chi connectivity index (χ1v) is 8.97. The number of benzene rings is 1. The predicted octanol–water partition coefficient (Wildman–Crippen LogP) is 0.134. The molecule has 2 amide bonds. The summed E-state index contributed by atoms with van der Waals surface area (Å²) in [5.41, 5.74) is 0.415. The Kier molecular flexibility index (Phi) is 4.90. The van der Waals surface area contributed by atoms with Crippen LogP contribution in [0.1, 0.15) is 17.4 Å². The van der Waals surface area contributed by atoms with Gasteiger partial charge in [-0.05, 0) is 36.4 Å². The number of anilines is 1. The minimum Gasteiger partial charge on any atom is -0.321 e. The van der Waals surface area contributed by atoms with Gasteiger partial charge in [0, 0.05) is 12.6 Å². The summed E-state index contributed by atoms with van der Waals surface area (Å²) in [5, 5.41) is 14.2. The maximum atomic E-state index is 12.2. The average molecular weight is 387 g/mol. The number of carbonyl (C=O) groups excluding carboxylic acids is 2. The molecule has 0 unspecified atom stereocenters. The second-order valence-electron chi connectivity index (χ2n) is 5.26. The van der Waals surface area contributed by atoms with E-state index in [4.69, 9.17) is 0 Å². The van der Waals surface area contributed by atoms with Crippen LogP contribution in [0, 0.1) is 0 Å². The van der Waals surface area contributed by atoms with Gasteiger partial charge in [-0.3, -0.25) is 9.59 Å². The summed E-state index contributed by atoms with van der Waals surface area (Å²) in [4.78, 5) is 26.8. The van der Waals surface area contributed by atoms with Gasteiger partial charge in [-0.15, -0.1) is 10.2 Å². The van der Waals surface area contributed by atoms with E-state index in [2.05, 4.69) is 25.6 Å². The third-order valence-corrected chi connectivity index (χ3v) is 4.69. The molecule has 3 aromatic rings. The Morgan fingerprint density at radius 2 is 1.78 bits per heavy atom. The van der Waals surface area contributed by atoms with E-state index >= 15 is 0 Å². The molecule has 0 aliphatic carbocycles. The van der Waals surface area contributed by atoms with E-state index in [1.54, 1.807) is 6.07 Å². The standard InChI is InChI=1S/C15H13N7O4S/c1-10(23)21-27(25,26)12-4-2-11(3-5-12)18-15(24)13-6-7-14(20-19-13)22-9-16-8-17-22/h2-9H,1H3,(H,18,24)(H,21,23). The first kappa shape index (κ1) is 18.1. The molecule has 0 aliphatic rings. The Morgan fingerprint density at radius 1 is 1.04 bits per heavy atom. The minimum absolute atomic E-state index is 0.0637. The van der Waals surface area contributed by atoms with E-state index in [1.165, 1.54) is 47.7 Å². The van der Waals surface area contributed by atoms with Gasteiger partial charge < -0.3 is 5.32 Å². The van der Waals surface area contributed by atoms with Crippen LogP contribution >= 0.6 is 0 Å². The molecule has 2 N–H and O–H groups in total. The van der Waals surface area contributed by atoms with Gasteiger partial charge in [0.25, 0.3) is 15.9 Å². The van der Waals surface area contributed by atoms with Crippen LogP contribution in [0.2, 0.25) is 0 Å². The number of hydrogen-bond acceptors (Lipinski definition) is 8. The van der Waals surface area contributed by atoms with Crippen molar-refractivity contribution in [1.29, 1.82) is 0 Å². The fourth-order valence-electron chi connectivity index (χ4n) is 2.06. The lowest BCUT2D eigenvalue weighted by atomic mass is 10.3. The zero-order chi connectivity index (χ0) is 19.4. The number of nitrogens with zero attached hydrogens (tertiary/aromatic N) is 5. The first-order chi connectivity index (χ1) is 12.8. The van der Waals surface area contributed by atoms with Crippen LogP contribution < -0.4 is 10.0 Å². The summed E-state index contributed by atoms with van der Waals surface area (Å²) in [6.45, 7) is 1.10. The Bertz CT molecular complexity index is 1060. The van der Waals surface area contributed by atoms with Crippen molar-refractivity contribution < 1.29 is 18.0 Å². The molecule has 3 rings (SSSR count). The van der Waals surface area contributed by atoms with Gasteiger partial charge in [-0.1, -0.05) is 0 Å². The third-order valence-electron chi connectivity index (χ3n) is 3.24. The van der Waals surface area contributed by atoms with Crippen LogP contribution in [-0.4, -0.2) is 45.2 Å². The molecule has 1 aromatic carbocycles. The molecule has 2 aromatic heterocycles. The average Bonchev–Trinajstić information content (AvgIpc) is 3.16. The SMILES string of the molecule is CC(=O)NS(=O)(=O)c1ccc(NC(=O)c2ccc(-n3cncn3)nn2)cc1. The lowest BCUT2D eigenvalue weighted by Crippen LogP contribution is -2.28. The molecule has 0 atom stereocenters. The molecule has 0 saturated carbocycles. The zero-order valence-electron chi connectivity index (χ0n) is 13.9. The molecular formula is C15H13N7O4S. The highest BCUT2D eigenvalue weighted by Gasteiger charge is 2.16. The molecule has 138 valence electrons. The maximum absolute atomic E-state index is 12.2. The van der Waals surface area contributed by atoms with Crippen molar-refractivity contribution >= 4 is 27.5 Å². The van der Waals surface area contributed by atoms with Gasteiger partial charge >= 0.3 is 0 Å². The van der Waals surface area contributed by atoms with E-state index in [0.717, 1.165) is 6.92 Å². The summed E-state index contributed by atoms with van der Waals surface area (Å²) in [7, 11) is -3.93. The van der Waals surface area contributed by atoms with Crippen molar-refractivity contribution in [1.82, 2.24) is 29.7 Å². The fraction of sp³-hybridized carbons (Fsp3) is 0.0667. The summed E-state index contributed by atoms with van der Waals surface area (Å²) in [5.74, 6) is -0.818. The van der Waals surface area contributed by atoms with Crippen molar-refractivity contribution in [3.8, 4) is 5.82 Å². The fourth-order valence-corrected chi connectivity index (χ4v) is 3.05. The highest BCUT2D eigenvalue weighted by molar-refractivity contribution is 7.90. The molecule has 0 saturated heterocycles. The monoisotopic (exact) mass is 387 g/mol. The van der Waals surface area contributed by atoms with Crippen molar-refractivity contribution in [2.24, 2.45) is 0 Å². The zero-order valence-corrected chi connectivity index (χ0v) is 14.7. The summed E-state index contributed by atoms with van der Waals surface area (Å²) in [6.07, 6.45) is 2.79. The van der Waals surface area contributed by atoms with Crippen molar-refractivity contribution in [3.05, 3.63) is 54.7 Å². The van der Waals surface area contributed by atoms with Crippen LogP contribution in [0.4, 0.5) is 5.69 Å². The molecule has 0 fully saturated rings. The minimum atomic E-state index is -3.93. The summed E-state index contributed by atoms with van der Waals surface area (Å²) >= 11 is 0. The van der Waals surface area contributed by atoms with Crippen LogP contribution in [-0.2, 0) is 14.8 Å². The number of aromatic nitrogens is 5. The predicted molar refractivity (Wildman–Crippen MR) is 92.3 cm³/mol. The number of amides is 2. The summed E-state index contributed by atoms with van der Waals surface area (Å²) in [6, 6.07) is 8.34. The van der Waals surface area contributed by atoms with Crippen LogP contribution in [0.15, 0.2) is 53.9 Å². The molecule has 0 bridgehead atoms. The second kappa shape index (κ2) is 7.29. The molecular weight excluding hydrogens is 374 g/mol. The normalized spacial score (nSPS) is 11.0. The number of nitrogens with one attached hydrogen (secondary N) is 2. The molecule has 2 heterocycles. The van der Waals surface area contributed by atoms with E-state index < -0.39 is 21.8 Å². The van der Waals surface area contributed by atoms with Gasteiger partial charge in [-0.25, -0.2) is 22.8 Å². The Labute approximate surface area is 153 Å². The van der Waals surface area contributed by atoms with Gasteiger partial charge in [0.05, 0.1) is 4.90 Å². The molecule has 0 aliphatic heterocycles. The largest absolute Gasteiger partial charge is 0.321 e. The van der Waals surface area contributed by atoms with Gasteiger partial charge in [0.1, 0.15) is 12.7 Å². The van der Waals surface area contributed by atoms with E-state index in [9.17, 15) is 18.0 Å². The quantitative estimate of drug-likeness (QED) is 0.627. The van der Waals surface area contributed by atoms with E-state index in [-0.39, 0.29) is 10.6 Å². The maximum Gasteiger partial charge on any atom is 0.276 e. The lowest BCUT2D eigenvalue weighted by molar-refractivity contribution is -0.117. The number of carbonyl (C=O) groups is 2. The number of hydrogen-bond donors (Lipinski definition) is 2. The highest BCUT2D eigenvalue weighted by atomic mass is 32.2. The molecule has 27 heavy (non-hydrogen) atoms. The molecule has 0 spiro atoms. The molecule has 12 heteroatoms. The third kappa shape index (κ3) is 4.30. The highest BCUT2D eigenvalue weighted by Crippen LogP contribution is 2.15. The first-order valence-electron chi connectivity index (χ1n) is 7.49. The van der Waals surface area contributed by atoms with Crippen molar-refractivity contribution in [2.45, 2.75) is 11.8 Å². The number of rotatable bonds is 5. The Morgan fingerprint density at radius 3 is 2.33 bits per heavy atom. The molecule has 0 radical (unpaired) electrons. The smallest absolute Gasteiger partial charge is 0.276 e. The van der Waals surface area contributed by atoms with Gasteiger partial charge in [-0.2, -0.15) is 5.10 Å². The van der Waals surface area contributed by atoms with Crippen LogP contribution in [0.3, 0.4) is 0 Å². The second-order valence-corrected chi connectivity index (χ2v) is 6.94. The van der Waals surface area contributed by atoms with Crippen molar-refractivity contribution in [2.75, 3.05) is 5.32 Å². The van der Waals surface area contributed by atoms with Crippen LogP contribution in [0.5, 0.6) is 0 Å².